The van der Waals surface area contributed by atoms with Crippen molar-refractivity contribution in [3.63, 3.8) is 0 Å². The van der Waals surface area contributed by atoms with Crippen LogP contribution in [0.2, 0.25) is 0 Å². The molecule has 19 heavy (non-hydrogen) atoms. The van der Waals surface area contributed by atoms with Crippen molar-refractivity contribution in [2.75, 3.05) is 5.32 Å². The van der Waals surface area contributed by atoms with Crippen LogP contribution in [0.1, 0.15) is 15.3 Å². The molecule has 0 unspecified atom stereocenters. The lowest BCUT2D eigenvalue weighted by Crippen LogP contribution is -2.07. The molecule has 0 atom stereocenters. The van der Waals surface area contributed by atoms with Crippen LogP contribution >= 0.6 is 11.3 Å². The summed E-state index contributed by atoms with van der Waals surface area (Å²) < 4.78 is 51.0. The maximum Gasteiger partial charge on any atom is 0.416 e. The molecule has 0 amide bonds. The number of hydrogen-bond donors (Lipinski definition) is 1. The highest BCUT2D eigenvalue weighted by Crippen LogP contribution is 2.32. The number of thiophene rings is 1. The fourth-order valence-corrected chi connectivity index (χ4v) is 2.43. The molecule has 2 aromatic rings. The number of benzene rings is 1. The molecule has 1 aromatic heterocycles. The Morgan fingerprint density at radius 2 is 1.89 bits per heavy atom. The van der Waals surface area contributed by atoms with E-state index in [0.29, 0.717) is 6.54 Å². The molecule has 0 spiro atoms. The van der Waals surface area contributed by atoms with Crippen LogP contribution in [0, 0.1) is 12.7 Å². The smallest absolute Gasteiger partial charge is 0.378 e. The average molecular weight is 289 g/mol. The minimum Gasteiger partial charge on any atom is -0.378 e. The summed E-state index contributed by atoms with van der Waals surface area (Å²) in [6, 6.07) is 6.11. The predicted molar refractivity (Wildman–Crippen MR) is 67.8 cm³/mol. The van der Waals surface area contributed by atoms with Gasteiger partial charge in [-0.05, 0) is 37.3 Å². The molecule has 0 aliphatic rings. The summed E-state index contributed by atoms with van der Waals surface area (Å²) >= 11 is 1.52. The van der Waals surface area contributed by atoms with Gasteiger partial charge in [-0.25, -0.2) is 4.39 Å². The van der Waals surface area contributed by atoms with E-state index in [9.17, 15) is 17.6 Å². The Bertz CT molecular complexity index is 574. The highest BCUT2D eigenvalue weighted by Gasteiger charge is 2.31. The van der Waals surface area contributed by atoms with E-state index in [-0.39, 0.29) is 5.69 Å². The van der Waals surface area contributed by atoms with Crippen molar-refractivity contribution in [1.82, 2.24) is 0 Å². The monoisotopic (exact) mass is 289 g/mol. The van der Waals surface area contributed by atoms with E-state index < -0.39 is 17.6 Å². The molecule has 102 valence electrons. The van der Waals surface area contributed by atoms with Gasteiger partial charge in [0.1, 0.15) is 5.82 Å². The minimum absolute atomic E-state index is 0.138. The van der Waals surface area contributed by atoms with E-state index in [0.717, 1.165) is 28.0 Å². The summed E-state index contributed by atoms with van der Waals surface area (Å²) in [5, 5.41) is 2.69. The molecule has 2 rings (SSSR count). The van der Waals surface area contributed by atoms with Crippen LogP contribution in [-0.2, 0) is 12.7 Å². The van der Waals surface area contributed by atoms with Crippen molar-refractivity contribution in [3.8, 4) is 0 Å². The molecule has 0 bridgehead atoms. The third-order valence-electron chi connectivity index (χ3n) is 2.54. The minimum atomic E-state index is -4.47. The molecule has 1 nitrogen and oxygen atoms in total. The van der Waals surface area contributed by atoms with Gasteiger partial charge in [-0.3, -0.25) is 0 Å². The molecule has 0 saturated carbocycles. The van der Waals surface area contributed by atoms with Gasteiger partial charge in [-0.2, -0.15) is 13.2 Å². The van der Waals surface area contributed by atoms with Gasteiger partial charge in [0.25, 0.3) is 0 Å². The van der Waals surface area contributed by atoms with Crippen molar-refractivity contribution in [2.24, 2.45) is 0 Å². The molecule has 0 saturated heterocycles. The van der Waals surface area contributed by atoms with Gasteiger partial charge in [-0.15, -0.1) is 11.3 Å². The van der Waals surface area contributed by atoms with Gasteiger partial charge in [0.2, 0.25) is 0 Å². The summed E-state index contributed by atoms with van der Waals surface area (Å²) in [4.78, 5) is 2.04. The molecule has 0 aliphatic heterocycles. The third-order valence-corrected chi connectivity index (χ3v) is 3.54. The molecule has 0 radical (unpaired) electrons. The summed E-state index contributed by atoms with van der Waals surface area (Å²) in [6.45, 7) is 2.23. The van der Waals surface area contributed by atoms with Crippen LogP contribution in [0.25, 0.3) is 0 Å². The fraction of sp³-hybridized carbons (Fsp3) is 0.231. The second-order valence-corrected chi connectivity index (χ2v) is 5.43. The topological polar surface area (TPSA) is 12.0 Å². The van der Waals surface area contributed by atoms with Gasteiger partial charge in [0, 0.05) is 16.3 Å². The van der Waals surface area contributed by atoms with E-state index in [4.69, 9.17) is 0 Å². The van der Waals surface area contributed by atoms with Gasteiger partial charge >= 0.3 is 6.18 Å². The Hall–Kier alpha value is -1.56. The number of aryl methyl sites for hydroxylation is 1. The zero-order chi connectivity index (χ0) is 14.0. The van der Waals surface area contributed by atoms with Gasteiger partial charge in [0.05, 0.1) is 11.3 Å². The van der Waals surface area contributed by atoms with Crippen LogP contribution in [0.3, 0.4) is 0 Å². The summed E-state index contributed by atoms with van der Waals surface area (Å²) in [6.07, 6.45) is -4.47. The first-order valence-corrected chi connectivity index (χ1v) is 6.34. The standard InChI is InChI=1S/C13H11F4NS/c1-8-2-4-10(19-8)7-18-12-6-9(13(15,16)17)3-5-11(12)14/h2-6,18H,7H2,1H3. The fourth-order valence-electron chi connectivity index (χ4n) is 1.60. The largest absolute Gasteiger partial charge is 0.416 e. The summed E-state index contributed by atoms with van der Waals surface area (Å²) in [5.74, 6) is -0.693. The Morgan fingerprint density at radius 1 is 1.16 bits per heavy atom. The molecular weight excluding hydrogens is 278 g/mol. The number of alkyl halides is 3. The zero-order valence-electron chi connectivity index (χ0n) is 10.0. The average Bonchev–Trinajstić information content (AvgIpc) is 2.72. The second kappa shape index (κ2) is 5.21. The van der Waals surface area contributed by atoms with Crippen LogP contribution in [0.15, 0.2) is 30.3 Å². The van der Waals surface area contributed by atoms with Crippen LogP contribution in [-0.4, -0.2) is 0 Å². The molecule has 1 aromatic carbocycles. The SMILES string of the molecule is Cc1ccc(CNc2cc(C(F)(F)F)ccc2F)s1. The highest BCUT2D eigenvalue weighted by molar-refractivity contribution is 7.11. The quantitative estimate of drug-likeness (QED) is 0.798. The Labute approximate surface area is 111 Å². The van der Waals surface area contributed by atoms with Crippen molar-refractivity contribution >= 4 is 17.0 Å². The molecule has 0 fully saturated rings. The summed E-state index contributed by atoms with van der Waals surface area (Å²) in [5.41, 5.74) is -1.00. The summed E-state index contributed by atoms with van der Waals surface area (Å²) in [7, 11) is 0. The number of halogens is 4. The first-order chi connectivity index (χ1) is 8.86. The lowest BCUT2D eigenvalue weighted by atomic mass is 10.2. The Morgan fingerprint density at radius 3 is 2.47 bits per heavy atom. The van der Waals surface area contributed by atoms with Crippen LogP contribution in [0.5, 0.6) is 0 Å². The Balaban J connectivity index is 2.15. The third kappa shape index (κ3) is 3.47. The highest BCUT2D eigenvalue weighted by atomic mass is 32.1. The van der Waals surface area contributed by atoms with E-state index in [1.165, 1.54) is 11.3 Å². The maximum absolute atomic E-state index is 13.4. The predicted octanol–water partition coefficient (Wildman–Crippen LogP) is 4.83. The number of anilines is 1. The maximum atomic E-state index is 13.4. The lowest BCUT2D eigenvalue weighted by molar-refractivity contribution is -0.137. The molecule has 6 heteroatoms. The van der Waals surface area contributed by atoms with Crippen LogP contribution in [0.4, 0.5) is 23.2 Å². The van der Waals surface area contributed by atoms with Crippen molar-refractivity contribution in [1.29, 1.82) is 0 Å². The molecular formula is C13H11F4NS. The first-order valence-electron chi connectivity index (χ1n) is 5.52. The van der Waals surface area contributed by atoms with Crippen molar-refractivity contribution in [3.05, 3.63) is 51.5 Å². The van der Waals surface area contributed by atoms with E-state index in [2.05, 4.69) is 5.32 Å². The molecule has 0 aliphatic carbocycles. The van der Waals surface area contributed by atoms with E-state index in [1.54, 1.807) is 0 Å². The number of nitrogens with one attached hydrogen (secondary N) is 1. The zero-order valence-corrected chi connectivity index (χ0v) is 10.8. The van der Waals surface area contributed by atoms with E-state index >= 15 is 0 Å². The normalized spacial score (nSPS) is 11.6. The second-order valence-electron chi connectivity index (χ2n) is 4.06. The van der Waals surface area contributed by atoms with Crippen molar-refractivity contribution < 1.29 is 17.6 Å². The van der Waals surface area contributed by atoms with E-state index in [1.807, 2.05) is 19.1 Å². The first kappa shape index (κ1) is 13.9. The van der Waals surface area contributed by atoms with Gasteiger partial charge < -0.3 is 5.32 Å². The lowest BCUT2D eigenvalue weighted by Gasteiger charge is -2.11. The molecule has 1 N–H and O–H groups in total. The van der Waals surface area contributed by atoms with Crippen molar-refractivity contribution in [2.45, 2.75) is 19.6 Å². The number of rotatable bonds is 3. The molecule has 1 heterocycles. The van der Waals surface area contributed by atoms with Gasteiger partial charge in [0.15, 0.2) is 0 Å². The number of hydrogen-bond acceptors (Lipinski definition) is 2. The Kier molecular flexibility index (Phi) is 3.80. The van der Waals surface area contributed by atoms with Crippen LogP contribution < -0.4 is 5.32 Å². The van der Waals surface area contributed by atoms with Gasteiger partial charge in [-0.1, -0.05) is 0 Å².